The molecule has 0 saturated carbocycles. The van der Waals surface area contributed by atoms with Crippen LogP contribution < -0.4 is 0 Å². The molecule has 1 aromatic carbocycles. The molecule has 1 aliphatic rings. The van der Waals surface area contributed by atoms with Gasteiger partial charge in [0.2, 0.25) is 10.0 Å². The Bertz CT molecular complexity index is 576. The van der Waals surface area contributed by atoms with Crippen molar-refractivity contribution in [1.29, 1.82) is 0 Å². The number of sulfonamides is 1. The fourth-order valence-corrected chi connectivity index (χ4v) is 4.20. The molecule has 118 valence electrons. The monoisotopic (exact) mass is 339 g/mol. The van der Waals surface area contributed by atoms with Crippen LogP contribution in [0.15, 0.2) is 29.2 Å². The first-order valence-electron chi connectivity index (χ1n) is 6.45. The molecular formula is C13H16F3NO2S2. The van der Waals surface area contributed by atoms with Crippen molar-refractivity contribution in [2.45, 2.75) is 29.2 Å². The molecule has 0 aromatic heterocycles. The highest BCUT2D eigenvalue weighted by atomic mass is 32.2. The van der Waals surface area contributed by atoms with E-state index in [-0.39, 0.29) is 5.25 Å². The average Bonchev–Trinajstić information content (AvgIpc) is 2.38. The molecule has 21 heavy (non-hydrogen) atoms. The summed E-state index contributed by atoms with van der Waals surface area (Å²) in [6.07, 6.45) is -1.71. The van der Waals surface area contributed by atoms with E-state index in [1.807, 2.05) is 0 Å². The van der Waals surface area contributed by atoms with E-state index in [9.17, 15) is 21.6 Å². The lowest BCUT2D eigenvalue weighted by Crippen LogP contribution is -2.38. The van der Waals surface area contributed by atoms with Crippen LogP contribution in [0.4, 0.5) is 13.2 Å². The molecule has 1 aliphatic heterocycles. The van der Waals surface area contributed by atoms with E-state index < -0.39 is 21.8 Å². The van der Waals surface area contributed by atoms with Crippen molar-refractivity contribution in [3.63, 3.8) is 0 Å². The highest BCUT2D eigenvalue weighted by molar-refractivity contribution is 8.00. The molecule has 8 heteroatoms. The highest BCUT2D eigenvalue weighted by Crippen LogP contribution is 2.34. The highest BCUT2D eigenvalue weighted by Gasteiger charge is 2.30. The summed E-state index contributed by atoms with van der Waals surface area (Å²) in [5.74, 6) is 0. The maximum atomic E-state index is 12.5. The quantitative estimate of drug-likeness (QED) is 0.848. The molecule has 0 N–H and O–H groups in total. The minimum Gasteiger partial charge on any atom is -0.213 e. The van der Waals surface area contributed by atoms with Crippen molar-refractivity contribution < 1.29 is 21.6 Å². The predicted molar refractivity (Wildman–Crippen MR) is 76.7 cm³/mol. The normalized spacial score (nSPS) is 18.9. The lowest BCUT2D eigenvalue weighted by Gasteiger charge is -2.29. The van der Waals surface area contributed by atoms with Gasteiger partial charge in [-0.3, -0.25) is 0 Å². The number of halogens is 3. The number of hydrogen-bond acceptors (Lipinski definition) is 3. The standard InChI is InChI=1S/C13H16F3NO2S2/c1-21(18,19)17-8-6-12(7-9-17)20-11-4-2-10(3-5-11)13(14,15)16/h2-5,12H,6-9H2,1H3. The molecule has 1 saturated heterocycles. The first-order chi connectivity index (χ1) is 9.66. The topological polar surface area (TPSA) is 37.4 Å². The van der Waals surface area contributed by atoms with Gasteiger partial charge < -0.3 is 0 Å². The van der Waals surface area contributed by atoms with Gasteiger partial charge in [0, 0.05) is 23.2 Å². The molecule has 0 aliphatic carbocycles. The molecule has 0 atom stereocenters. The van der Waals surface area contributed by atoms with Gasteiger partial charge in [0.15, 0.2) is 0 Å². The van der Waals surface area contributed by atoms with Crippen molar-refractivity contribution in [3.8, 4) is 0 Å². The van der Waals surface area contributed by atoms with E-state index in [0.717, 1.165) is 17.0 Å². The summed E-state index contributed by atoms with van der Waals surface area (Å²) in [5.41, 5.74) is -0.654. The second-order valence-electron chi connectivity index (χ2n) is 5.00. The molecule has 3 nitrogen and oxygen atoms in total. The van der Waals surface area contributed by atoms with E-state index in [1.165, 1.54) is 34.5 Å². The van der Waals surface area contributed by atoms with Gasteiger partial charge >= 0.3 is 6.18 Å². The molecule has 0 amide bonds. The zero-order valence-corrected chi connectivity index (χ0v) is 13.1. The third-order valence-corrected chi connectivity index (χ3v) is 6.01. The molecule has 1 aromatic rings. The lowest BCUT2D eigenvalue weighted by molar-refractivity contribution is -0.137. The van der Waals surface area contributed by atoms with Crippen LogP contribution in [-0.4, -0.2) is 37.3 Å². The first-order valence-corrected chi connectivity index (χ1v) is 9.18. The average molecular weight is 339 g/mol. The van der Waals surface area contributed by atoms with Crippen molar-refractivity contribution in [2.75, 3.05) is 19.3 Å². The number of hydrogen-bond donors (Lipinski definition) is 0. The Balaban J connectivity index is 1.92. The maximum Gasteiger partial charge on any atom is 0.416 e. The van der Waals surface area contributed by atoms with Gasteiger partial charge in [0.1, 0.15) is 0 Å². The first kappa shape index (κ1) is 16.6. The summed E-state index contributed by atoms with van der Waals surface area (Å²) >= 11 is 1.51. The van der Waals surface area contributed by atoms with Crippen molar-refractivity contribution >= 4 is 21.8 Å². The van der Waals surface area contributed by atoms with Crippen LogP contribution in [0.1, 0.15) is 18.4 Å². The van der Waals surface area contributed by atoms with E-state index >= 15 is 0 Å². The van der Waals surface area contributed by atoms with Gasteiger partial charge in [-0.05, 0) is 37.1 Å². The van der Waals surface area contributed by atoms with Crippen LogP contribution in [-0.2, 0) is 16.2 Å². The van der Waals surface area contributed by atoms with E-state index in [2.05, 4.69) is 0 Å². The third-order valence-electron chi connectivity index (χ3n) is 3.35. The number of piperidine rings is 1. The molecular weight excluding hydrogens is 323 g/mol. The Hall–Kier alpha value is -0.730. The van der Waals surface area contributed by atoms with Crippen LogP contribution in [0.2, 0.25) is 0 Å². The van der Waals surface area contributed by atoms with E-state index in [4.69, 9.17) is 0 Å². The molecule has 2 rings (SSSR count). The zero-order chi connectivity index (χ0) is 15.7. The SMILES string of the molecule is CS(=O)(=O)N1CCC(Sc2ccc(C(F)(F)F)cc2)CC1. The fourth-order valence-electron chi connectivity index (χ4n) is 2.20. The van der Waals surface area contributed by atoms with Crippen molar-refractivity contribution in [3.05, 3.63) is 29.8 Å². The predicted octanol–water partition coefficient (Wildman–Crippen LogP) is 3.22. The summed E-state index contributed by atoms with van der Waals surface area (Å²) in [6.45, 7) is 0.939. The largest absolute Gasteiger partial charge is 0.416 e. The summed E-state index contributed by atoms with van der Waals surface area (Å²) in [6, 6.07) is 5.09. The van der Waals surface area contributed by atoms with Gasteiger partial charge in [0.25, 0.3) is 0 Å². The Morgan fingerprint density at radius 2 is 1.67 bits per heavy atom. The third kappa shape index (κ3) is 4.62. The van der Waals surface area contributed by atoms with Crippen LogP contribution in [0.5, 0.6) is 0 Å². The molecule has 1 fully saturated rings. The van der Waals surface area contributed by atoms with Crippen LogP contribution in [0, 0.1) is 0 Å². The van der Waals surface area contributed by atoms with Crippen molar-refractivity contribution in [1.82, 2.24) is 4.31 Å². The van der Waals surface area contributed by atoms with Gasteiger partial charge in [-0.15, -0.1) is 11.8 Å². The zero-order valence-electron chi connectivity index (χ0n) is 11.4. The van der Waals surface area contributed by atoms with Gasteiger partial charge in [-0.1, -0.05) is 0 Å². The van der Waals surface area contributed by atoms with Gasteiger partial charge in [-0.2, -0.15) is 13.2 Å². The molecule has 0 radical (unpaired) electrons. The lowest BCUT2D eigenvalue weighted by atomic mass is 10.2. The minimum atomic E-state index is -4.32. The smallest absolute Gasteiger partial charge is 0.213 e. The molecule has 1 heterocycles. The van der Waals surface area contributed by atoms with E-state index in [1.54, 1.807) is 0 Å². The molecule has 0 unspecified atom stereocenters. The maximum absolute atomic E-state index is 12.5. The summed E-state index contributed by atoms with van der Waals surface area (Å²) in [4.78, 5) is 0.779. The second kappa shape index (κ2) is 6.18. The Kier molecular flexibility index (Phi) is 4.89. The Morgan fingerprint density at radius 1 is 1.14 bits per heavy atom. The Morgan fingerprint density at radius 3 is 2.10 bits per heavy atom. The summed E-state index contributed by atoms with van der Waals surface area (Å²) in [5, 5.41) is 0.236. The van der Waals surface area contributed by atoms with Crippen molar-refractivity contribution in [2.24, 2.45) is 0 Å². The summed E-state index contributed by atoms with van der Waals surface area (Å²) in [7, 11) is -3.15. The van der Waals surface area contributed by atoms with Crippen LogP contribution >= 0.6 is 11.8 Å². The summed E-state index contributed by atoms with van der Waals surface area (Å²) < 4.78 is 61.6. The van der Waals surface area contributed by atoms with Crippen LogP contribution in [0.3, 0.4) is 0 Å². The number of rotatable bonds is 3. The minimum absolute atomic E-state index is 0.236. The number of alkyl halides is 3. The number of thioether (sulfide) groups is 1. The van der Waals surface area contributed by atoms with Gasteiger partial charge in [0.05, 0.1) is 11.8 Å². The van der Waals surface area contributed by atoms with E-state index in [0.29, 0.717) is 25.9 Å². The second-order valence-corrected chi connectivity index (χ2v) is 8.36. The van der Waals surface area contributed by atoms with Gasteiger partial charge in [-0.25, -0.2) is 12.7 Å². The number of benzene rings is 1. The Labute approximate surface area is 126 Å². The molecule has 0 bridgehead atoms. The fraction of sp³-hybridized carbons (Fsp3) is 0.538. The number of nitrogens with zero attached hydrogens (tertiary/aromatic N) is 1. The molecule has 0 spiro atoms. The van der Waals surface area contributed by atoms with Crippen LogP contribution in [0.25, 0.3) is 0 Å².